The average molecular weight is 267 g/mol. The van der Waals surface area contributed by atoms with Crippen molar-refractivity contribution in [1.82, 2.24) is 5.32 Å². The summed E-state index contributed by atoms with van der Waals surface area (Å²) in [7, 11) is 1.29. The SMILES string of the molecule is COC(=O)C(C(=O)NCCc1ccc(C)o1)C(C)C. The monoisotopic (exact) mass is 267 g/mol. The molecule has 1 amide bonds. The maximum absolute atomic E-state index is 11.9. The van der Waals surface area contributed by atoms with Crippen molar-refractivity contribution < 1.29 is 18.7 Å². The second kappa shape index (κ2) is 6.97. The highest BCUT2D eigenvalue weighted by Crippen LogP contribution is 2.13. The molecule has 0 bridgehead atoms. The quantitative estimate of drug-likeness (QED) is 0.629. The third-order valence-electron chi connectivity index (χ3n) is 2.87. The molecular weight excluding hydrogens is 246 g/mol. The van der Waals surface area contributed by atoms with Gasteiger partial charge in [0.25, 0.3) is 0 Å². The van der Waals surface area contributed by atoms with Crippen LogP contribution in [-0.2, 0) is 20.7 Å². The molecule has 106 valence electrons. The number of aryl methyl sites for hydroxylation is 1. The number of ether oxygens (including phenoxy) is 1. The molecule has 0 aliphatic heterocycles. The van der Waals surface area contributed by atoms with E-state index in [1.165, 1.54) is 7.11 Å². The minimum atomic E-state index is -0.761. The predicted molar refractivity (Wildman–Crippen MR) is 70.5 cm³/mol. The zero-order chi connectivity index (χ0) is 14.4. The van der Waals surface area contributed by atoms with E-state index in [1.807, 2.05) is 32.9 Å². The van der Waals surface area contributed by atoms with E-state index in [0.29, 0.717) is 13.0 Å². The van der Waals surface area contributed by atoms with E-state index in [1.54, 1.807) is 0 Å². The van der Waals surface area contributed by atoms with Crippen molar-refractivity contribution >= 4 is 11.9 Å². The molecule has 1 rings (SSSR count). The molecule has 1 unspecified atom stereocenters. The molecule has 0 spiro atoms. The molecule has 1 aromatic heterocycles. The molecular formula is C14H21NO4. The smallest absolute Gasteiger partial charge is 0.318 e. The first-order chi connectivity index (χ1) is 8.95. The first-order valence-electron chi connectivity index (χ1n) is 6.36. The van der Waals surface area contributed by atoms with Crippen LogP contribution in [0.1, 0.15) is 25.4 Å². The molecule has 0 aliphatic rings. The Bertz CT molecular complexity index is 436. The predicted octanol–water partition coefficient (Wildman–Crippen LogP) is 1.69. The molecule has 19 heavy (non-hydrogen) atoms. The van der Waals surface area contributed by atoms with Crippen molar-refractivity contribution in [2.75, 3.05) is 13.7 Å². The minimum Gasteiger partial charge on any atom is -0.468 e. The van der Waals surface area contributed by atoms with Crippen LogP contribution in [0.25, 0.3) is 0 Å². The Morgan fingerprint density at radius 2 is 2.05 bits per heavy atom. The summed E-state index contributed by atoms with van der Waals surface area (Å²) in [5, 5.41) is 2.74. The number of methoxy groups -OCH3 is 1. The number of nitrogens with one attached hydrogen (secondary N) is 1. The summed E-state index contributed by atoms with van der Waals surface area (Å²) in [6.07, 6.45) is 0.603. The Kier molecular flexibility index (Phi) is 5.60. The molecule has 0 aliphatic carbocycles. The van der Waals surface area contributed by atoms with Gasteiger partial charge in [0.1, 0.15) is 17.4 Å². The van der Waals surface area contributed by atoms with Gasteiger partial charge in [-0.2, -0.15) is 0 Å². The molecule has 1 heterocycles. The van der Waals surface area contributed by atoms with Gasteiger partial charge < -0.3 is 14.5 Å². The van der Waals surface area contributed by atoms with Gasteiger partial charge in [-0.25, -0.2) is 0 Å². The highest BCUT2D eigenvalue weighted by atomic mass is 16.5. The minimum absolute atomic E-state index is 0.0988. The van der Waals surface area contributed by atoms with Crippen molar-refractivity contribution in [3.63, 3.8) is 0 Å². The fourth-order valence-corrected chi connectivity index (χ4v) is 1.85. The van der Waals surface area contributed by atoms with Crippen LogP contribution in [0, 0.1) is 18.8 Å². The topological polar surface area (TPSA) is 68.5 Å². The van der Waals surface area contributed by atoms with Crippen molar-refractivity contribution in [3.8, 4) is 0 Å². The van der Waals surface area contributed by atoms with E-state index < -0.39 is 11.9 Å². The van der Waals surface area contributed by atoms with Gasteiger partial charge in [-0.05, 0) is 25.0 Å². The number of amides is 1. The first-order valence-corrected chi connectivity index (χ1v) is 6.36. The van der Waals surface area contributed by atoms with Crippen LogP contribution in [0.15, 0.2) is 16.5 Å². The number of esters is 1. The van der Waals surface area contributed by atoms with E-state index in [2.05, 4.69) is 10.1 Å². The van der Waals surface area contributed by atoms with Gasteiger partial charge in [0.05, 0.1) is 7.11 Å². The lowest BCUT2D eigenvalue weighted by atomic mass is 9.95. The number of hydrogen-bond acceptors (Lipinski definition) is 4. The zero-order valence-corrected chi connectivity index (χ0v) is 11.9. The molecule has 0 fully saturated rings. The van der Waals surface area contributed by atoms with Gasteiger partial charge in [0.15, 0.2) is 0 Å². The van der Waals surface area contributed by atoms with Crippen LogP contribution in [0.2, 0.25) is 0 Å². The number of furan rings is 1. The fraction of sp³-hybridized carbons (Fsp3) is 0.571. The van der Waals surface area contributed by atoms with E-state index in [-0.39, 0.29) is 11.8 Å². The van der Waals surface area contributed by atoms with Crippen LogP contribution in [0.5, 0.6) is 0 Å². The molecule has 1 aromatic rings. The summed E-state index contributed by atoms with van der Waals surface area (Å²) in [6.45, 7) is 5.94. The molecule has 1 atom stereocenters. The number of carbonyl (C=O) groups is 2. The molecule has 0 saturated heterocycles. The lowest BCUT2D eigenvalue weighted by Gasteiger charge is -2.17. The Morgan fingerprint density at radius 1 is 1.37 bits per heavy atom. The van der Waals surface area contributed by atoms with Crippen LogP contribution in [0.4, 0.5) is 0 Å². The normalized spacial score (nSPS) is 12.3. The molecule has 0 saturated carbocycles. The standard InChI is InChI=1S/C14H21NO4/c1-9(2)12(14(17)18-4)13(16)15-8-7-11-6-5-10(3)19-11/h5-6,9,12H,7-8H2,1-4H3,(H,15,16). The van der Waals surface area contributed by atoms with E-state index in [9.17, 15) is 9.59 Å². The van der Waals surface area contributed by atoms with Crippen molar-refractivity contribution in [2.24, 2.45) is 11.8 Å². The van der Waals surface area contributed by atoms with Gasteiger partial charge in [-0.15, -0.1) is 0 Å². The van der Waals surface area contributed by atoms with Crippen LogP contribution < -0.4 is 5.32 Å². The third kappa shape index (κ3) is 4.43. The first kappa shape index (κ1) is 15.3. The highest BCUT2D eigenvalue weighted by Gasteiger charge is 2.30. The van der Waals surface area contributed by atoms with Crippen molar-refractivity contribution in [2.45, 2.75) is 27.2 Å². The summed E-state index contributed by atoms with van der Waals surface area (Å²) in [6, 6.07) is 3.75. The van der Waals surface area contributed by atoms with E-state index >= 15 is 0 Å². The summed E-state index contributed by atoms with van der Waals surface area (Å²) in [5.41, 5.74) is 0. The molecule has 5 heteroatoms. The van der Waals surface area contributed by atoms with Crippen LogP contribution in [-0.4, -0.2) is 25.5 Å². The zero-order valence-electron chi connectivity index (χ0n) is 11.9. The van der Waals surface area contributed by atoms with Crippen LogP contribution >= 0.6 is 0 Å². The summed E-state index contributed by atoms with van der Waals surface area (Å²) < 4.78 is 10.0. The molecule has 0 radical (unpaired) electrons. The maximum Gasteiger partial charge on any atom is 0.318 e. The number of carbonyl (C=O) groups excluding carboxylic acids is 2. The lowest BCUT2D eigenvalue weighted by molar-refractivity contribution is -0.151. The largest absolute Gasteiger partial charge is 0.468 e. The van der Waals surface area contributed by atoms with Gasteiger partial charge in [-0.1, -0.05) is 13.8 Å². The maximum atomic E-state index is 11.9. The molecule has 0 aromatic carbocycles. The Hall–Kier alpha value is -1.78. The Labute approximate surface area is 113 Å². The second-order valence-electron chi connectivity index (χ2n) is 4.80. The second-order valence-corrected chi connectivity index (χ2v) is 4.80. The summed E-state index contributed by atoms with van der Waals surface area (Å²) in [4.78, 5) is 23.5. The van der Waals surface area contributed by atoms with Crippen molar-refractivity contribution in [1.29, 1.82) is 0 Å². The Balaban J connectivity index is 2.46. The van der Waals surface area contributed by atoms with E-state index in [0.717, 1.165) is 11.5 Å². The van der Waals surface area contributed by atoms with Gasteiger partial charge in [0, 0.05) is 13.0 Å². The Morgan fingerprint density at radius 3 is 2.53 bits per heavy atom. The van der Waals surface area contributed by atoms with Gasteiger partial charge in [0.2, 0.25) is 5.91 Å². The number of hydrogen-bond donors (Lipinski definition) is 1. The van der Waals surface area contributed by atoms with Gasteiger partial charge in [-0.3, -0.25) is 9.59 Å². The third-order valence-corrected chi connectivity index (χ3v) is 2.87. The molecule has 5 nitrogen and oxygen atoms in total. The highest BCUT2D eigenvalue weighted by molar-refractivity contribution is 5.97. The van der Waals surface area contributed by atoms with Gasteiger partial charge >= 0.3 is 5.97 Å². The fourth-order valence-electron chi connectivity index (χ4n) is 1.85. The van der Waals surface area contributed by atoms with Crippen molar-refractivity contribution in [3.05, 3.63) is 23.7 Å². The molecule has 1 N–H and O–H groups in total. The summed E-state index contributed by atoms with van der Waals surface area (Å²) in [5.74, 6) is 0.000949. The number of rotatable bonds is 6. The average Bonchev–Trinajstić information content (AvgIpc) is 2.74. The summed E-state index contributed by atoms with van der Waals surface area (Å²) >= 11 is 0. The lowest BCUT2D eigenvalue weighted by Crippen LogP contribution is -2.39. The van der Waals surface area contributed by atoms with Crippen LogP contribution in [0.3, 0.4) is 0 Å². The van der Waals surface area contributed by atoms with E-state index in [4.69, 9.17) is 4.42 Å².